The smallest absolute Gasteiger partial charge is 0.253 e. The first-order chi connectivity index (χ1) is 8.61. The molecule has 98 valence electrons. The second-order valence-corrected chi connectivity index (χ2v) is 4.80. The Morgan fingerprint density at radius 2 is 2.06 bits per heavy atom. The predicted octanol–water partition coefficient (Wildman–Crippen LogP) is 1.83. The highest BCUT2D eigenvalue weighted by atomic mass is 16.5. The van der Waals surface area contributed by atoms with Crippen LogP contribution in [0.4, 0.5) is 5.69 Å². The van der Waals surface area contributed by atoms with Gasteiger partial charge in [0.1, 0.15) is 0 Å². The number of carbonyl (C=O) groups is 1. The number of nitrogen functional groups attached to an aromatic ring is 1. The van der Waals surface area contributed by atoms with Crippen molar-refractivity contribution in [3.63, 3.8) is 0 Å². The molecule has 2 N–H and O–H groups in total. The summed E-state index contributed by atoms with van der Waals surface area (Å²) in [4.78, 5) is 14.2. The van der Waals surface area contributed by atoms with E-state index in [2.05, 4.69) is 0 Å². The van der Waals surface area contributed by atoms with E-state index < -0.39 is 0 Å². The predicted molar refractivity (Wildman–Crippen MR) is 71.5 cm³/mol. The van der Waals surface area contributed by atoms with Crippen LogP contribution < -0.4 is 5.73 Å². The van der Waals surface area contributed by atoms with Gasteiger partial charge in [0.25, 0.3) is 5.91 Å². The Hall–Kier alpha value is -1.55. The highest BCUT2D eigenvalue weighted by molar-refractivity contribution is 5.95. The molecule has 1 aliphatic heterocycles. The molecule has 4 heteroatoms. The lowest BCUT2D eigenvalue weighted by atomic mass is 10.0. The molecule has 4 nitrogen and oxygen atoms in total. The van der Waals surface area contributed by atoms with E-state index in [0.717, 1.165) is 42.7 Å². The Bertz CT molecular complexity index is 437. The third kappa shape index (κ3) is 2.64. The Morgan fingerprint density at radius 1 is 1.39 bits per heavy atom. The summed E-state index contributed by atoms with van der Waals surface area (Å²) in [6.45, 7) is 3.45. The molecular formula is C14H20N2O2. The van der Waals surface area contributed by atoms with Gasteiger partial charge in [-0.3, -0.25) is 4.79 Å². The number of rotatable bonds is 2. The number of nitrogens with two attached hydrogens (primary N) is 1. The highest BCUT2D eigenvalue weighted by Gasteiger charge is 2.23. The van der Waals surface area contributed by atoms with Crippen LogP contribution in [0.25, 0.3) is 0 Å². The van der Waals surface area contributed by atoms with E-state index in [1.165, 1.54) is 0 Å². The van der Waals surface area contributed by atoms with Gasteiger partial charge in [0, 0.05) is 31.5 Å². The molecule has 1 heterocycles. The van der Waals surface area contributed by atoms with E-state index in [9.17, 15) is 4.79 Å². The number of methoxy groups -OCH3 is 1. The summed E-state index contributed by atoms with van der Waals surface area (Å²) in [6, 6.07) is 5.46. The average Bonchev–Trinajstić information content (AvgIpc) is 2.41. The normalized spacial score (nSPS) is 16.9. The van der Waals surface area contributed by atoms with Gasteiger partial charge in [-0.05, 0) is 43.5 Å². The number of benzene rings is 1. The van der Waals surface area contributed by atoms with Gasteiger partial charge >= 0.3 is 0 Å². The summed E-state index contributed by atoms with van der Waals surface area (Å²) < 4.78 is 5.31. The van der Waals surface area contributed by atoms with Crippen LogP contribution in [0.5, 0.6) is 0 Å². The van der Waals surface area contributed by atoms with Crippen molar-refractivity contribution in [3.05, 3.63) is 29.3 Å². The van der Waals surface area contributed by atoms with Crippen LogP contribution in [-0.2, 0) is 4.74 Å². The van der Waals surface area contributed by atoms with E-state index in [0.29, 0.717) is 6.10 Å². The van der Waals surface area contributed by atoms with E-state index in [1.807, 2.05) is 17.9 Å². The summed E-state index contributed by atoms with van der Waals surface area (Å²) in [6.07, 6.45) is 2.12. The maximum absolute atomic E-state index is 12.3. The maximum Gasteiger partial charge on any atom is 0.253 e. The molecule has 0 unspecified atom stereocenters. The zero-order valence-corrected chi connectivity index (χ0v) is 11.0. The molecule has 0 saturated carbocycles. The molecule has 1 saturated heterocycles. The number of aryl methyl sites for hydroxylation is 1. The Labute approximate surface area is 108 Å². The van der Waals surface area contributed by atoms with Crippen LogP contribution in [0, 0.1) is 6.92 Å². The molecule has 0 radical (unpaired) electrons. The van der Waals surface area contributed by atoms with E-state index in [4.69, 9.17) is 10.5 Å². The van der Waals surface area contributed by atoms with Gasteiger partial charge in [-0.25, -0.2) is 0 Å². The molecule has 0 bridgehead atoms. The van der Waals surface area contributed by atoms with Crippen LogP contribution in [0.3, 0.4) is 0 Å². The first-order valence-corrected chi connectivity index (χ1v) is 6.30. The number of amides is 1. The van der Waals surface area contributed by atoms with Crippen molar-refractivity contribution in [2.24, 2.45) is 0 Å². The fraction of sp³-hybridized carbons (Fsp3) is 0.500. The molecular weight excluding hydrogens is 228 g/mol. The first-order valence-electron chi connectivity index (χ1n) is 6.30. The number of anilines is 1. The summed E-state index contributed by atoms with van der Waals surface area (Å²) in [5, 5.41) is 0. The molecule has 1 fully saturated rings. The van der Waals surface area contributed by atoms with E-state index >= 15 is 0 Å². The number of ether oxygens (including phenoxy) is 1. The van der Waals surface area contributed by atoms with Crippen molar-refractivity contribution in [1.29, 1.82) is 0 Å². The number of nitrogens with zero attached hydrogens (tertiary/aromatic N) is 1. The molecule has 18 heavy (non-hydrogen) atoms. The maximum atomic E-state index is 12.3. The van der Waals surface area contributed by atoms with Gasteiger partial charge in [0.2, 0.25) is 0 Å². The zero-order valence-electron chi connectivity index (χ0n) is 11.0. The average molecular weight is 248 g/mol. The summed E-state index contributed by atoms with van der Waals surface area (Å²) in [7, 11) is 1.73. The fourth-order valence-electron chi connectivity index (χ4n) is 2.29. The van der Waals surface area contributed by atoms with Crippen LogP contribution in [0.1, 0.15) is 28.8 Å². The fourth-order valence-corrected chi connectivity index (χ4v) is 2.29. The quantitative estimate of drug-likeness (QED) is 0.812. The molecule has 1 amide bonds. The number of piperidine rings is 1. The highest BCUT2D eigenvalue weighted by Crippen LogP contribution is 2.18. The molecule has 2 rings (SSSR count). The molecule has 0 spiro atoms. The van der Waals surface area contributed by atoms with Crippen molar-refractivity contribution in [1.82, 2.24) is 4.90 Å². The minimum absolute atomic E-state index is 0.0904. The minimum atomic E-state index is 0.0904. The van der Waals surface area contributed by atoms with Gasteiger partial charge in [0.05, 0.1) is 6.10 Å². The van der Waals surface area contributed by atoms with Gasteiger partial charge < -0.3 is 15.4 Å². The van der Waals surface area contributed by atoms with Crippen molar-refractivity contribution in [2.75, 3.05) is 25.9 Å². The molecule has 0 aromatic heterocycles. The second-order valence-electron chi connectivity index (χ2n) is 4.80. The Balaban J connectivity index is 2.05. The van der Waals surface area contributed by atoms with Gasteiger partial charge in [-0.1, -0.05) is 0 Å². The van der Waals surface area contributed by atoms with Gasteiger partial charge in [0.15, 0.2) is 0 Å². The van der Waals surface area contributed by atoms with Crippen LogP contribution in [0.15, 0.2) is 18.2 Å². The monoisotopic (exact) mass is 248 g/mol. The lowest BCUT2D eigenvalue weighted by molar-refractivity contribution is 0.0351. The lowest BCUT2D eigenvalue weighted by Crippen LogP contribution is -2.40. The summed E-state index contributed by atoms with van der Waals surface area (Å²) in [5.41, 5.74) is 8.16. The molecule has 0 aliphatic carbocycles. The second kappa shape index (κ2) is 5.40. The van der Waals surface area contributed by atoms with E-state index in [1.54, 1.807) is 19.2 Å². The third-order valence-corrected chi connectivity index (χ3v) is 3.58. The minimum Gasteiger partial charge on any atom is -0.399 e. The van der Waals surface area contributed by atoms with Crippen LogP contribution in [0.2, 0.25) is 0 Å². The Kier molecular flexibility index (Phi) is 3.87. The zero-order chi connectivity index (χ0) is 13.1. The Morgan fingerprint density at radius 3 is 2.61 bits per heavy atom. The largest absolute Gasteiger partial charge is 0.399 e. The summed E-state index contributed by atoms with van der Waals surface area (Å²) in [5.74, 6) is 0.0904. The van der Waals surface area contributed by atoms with Gasteiger partial charge in [-0.2, -0.15) is 0 Å². The topological polar surface area (TPSA) is 55.6 Å². The molecule has 1 aliphatic rings. The standard InChI is InChI=1S/C14H20N2O2/c1-10-9-11(3-4-13(10)15)14(17)16-7-5-12(18-2)6-8-16/h3-4,9,12H,5-8,15H2,1-2H3. The van der Waals surface area contributed by atoms with Crippen molar-refractivity contribution < 1.29 is 9.53 Å². The van der Waals surface area contributed by atoms with Crippen molar-refractivity contribution in [3.8, 4) is 0 Å². The number of hydrogen-bond donors (Lipinski definition) is 1. The molecule has 1 aromatic rings. The SMILES string of the molecule is COC1CCN(C(=O)c2ccc(N)c(C)c2)CC1. The van der Waals surface area contributed by atoms with E-state index in [-0.39, 0.29) is 5.91 Å². The van der Waals surface area contributed by atoms with Gasteiger partial charge in [-0.15, -0.1) is 0 Å². The lowest BCUT2D eigenvalue weighted by Gasteiger charge is -2.31. The van der Waals surface area contributed by atoms with Crippen LogP contribution in [-0.4, -0.2) is 37.1 Å². The third-order valence-electron chi connectivity index (χ3n) is 3.58. The molecule has 1 aromatic carbocycles. The summed E-state index contributed by atoms with van der Waals surface area (Å²) >= 11 is 0. The van der Waals surface area contributed by atoms with Crippen molar-refractivity contribution >= 4 is 11.6 Å². The number of carbonyl (C=O) groups excluding carboxylic acids is 1. The van der Waals surface area contributed by atoms with Crippen LogP contribution >= 0.6 is 0 Å². The number of hydrogen-bond acceptors (Lipinski definition) is 3. The number of likely N-dealkylation sites (tertiary alicyclic amines) is 1. The first kappa shape index (κ1) is 12.9. The molecule has 0 atom stereocenters. The van der Waals surface area contributed by atoms with Crippen molar-refractivity contribution in [2.45, 2.75) is 25.9 Å².